The van der Waals surface area contributed by atoms with Crippen molar-refractivity contribution in [1.82, 2.24) is 4.72 Å². The van der Waals surface area contributed by atoms with Crippen molar-refractivity contribution < 1.29 is 13.2 Å². The number of amides is 1. The van der Waals surface area contributed by atoms with E-state index >= 15 is 0 Å². The maximum atomic E-state index is 11.0. The highest BCUT2D eigenvalue weighted by molar-refractivity contribution is 7.90. The van der Waals surface area contributed by atoms with E-state index in [-0.39, 0.29) is 12.3 Å². The summed E-state index contributed by atoms with van der Waals surface area (Å²) in [5, 5.41) is 0. The van der Waals surface area contributed by atoms with Crippen molar-refractivity contribution in [2.45, 2.75) is 13.8 Å². The Labute approximate surface area is 72.4 Å². The fourth-order valence-electron chi connectivity index (χ4n) is 0.433. The van der Waals surface area contributed by atoms with Gasteiger partial charge in [-0.15, -0.1) is 0 Å². The third kappa shape index (κ3) is 3.68. The molecule has 0 aromatic rings. The molecule has 6 heteroatoms. The molecule has 0 aromatic heterocycles. The molecule has 0 bridgehead atoms. The lowest BCUT2D eigenvalue weighted by Crippen LogP contribution is -2.38. The Morgan fingerprint density at radius 3 is 2.42 bits per heavy atom. The van der Waals surface area contributed by atoms with Crippen LogP contribution in [-0.2, 0) is 14.8 Å². The fraction of sp³-hybridized carbons (Fsp3) is 0.833. The molecule has 0 fully saturated rings. The van der Waals surface area contributed by atoms with Gasteiger partial charge in [0.2, 0.25) is 15.9 Å². The zero-order valence-corrected chi connectivity index (χ0v) is 8.02. The molecule has 0 rings (SSSR count). The molecule has 0 saturated carbocycles. The van der Waals surface area contributed by atoms with E-state index in [9.17, 15) is 13.2 Å². The van der Waals surface area contributed by atoms with Gasteiger partial charge in [-0.2, -0.15) is 0 Å². The highest BCUT2D eigenvalue weighted by atomic mass is 32.2. The van der Waals surface area contributed by atoms with Gasteiger partial charge in [0, 0.05) is 12.5 Å². The van der Waals surface area contributed by atoms with Crippen LogP contribution in [0.15, 0.2) is 0 Å². The Morgan fingerprint density at radius 1 is 1.58 bits per heavy atom. The molecule has 1 amide bonds. The molecule has 12 heavy (non-hydrogen) atoms. The maximum Gasteiger partial charge on any atom is 0.237 e. The Hall–Kier alpha value is -0.620. The van der Waals surface area contributed by atoms with E-state index in [4.69, 9.17) is 5.73 Å². The molecule has 0 aliphatic heterocycles. The van der Waals surface area contributed by atoms with E-state index in [2.05, 4.69) is 0 Å². The van der Waals surface area contributed by atoms with E-state index in [0.717, 1.165) is 0 Å². The van der Waals surface area contributed by atoms with E-state index in [1.807, 2.05) is 4.72 Å². The predicted molar refractivity (Wildman–Crippen MR) is 45.8 cm³/mol. The Bertz CT molecular complexity index is 248. The molecule has 3 N–H and O–H groups in total. The lowest BCUT2D eigenvalue weighted by atomic mass is 10.2. The second-order valence-electron chi connectivity index (χ2n) is 2.51. The summed E-state index contributed by atoms with van der Waals surface area (Å²) in [5.74, 6) is -1.11. The van der Waals surface area contributed by atoms with Crippen LogP contribution in [0.2, 0.25) is 0 Å². The summed E-state index contributed by atoms with van der Waals surface area (Å²) in [5.41, 5.74) is 5.18. The maximum absolute atomic E-state index is 11.0. The zero-order valence-electron chi connectivity index (χ0n) is 7.20. The summed E-state index contributed by atoms with van der Waals surface area (Å²) in [6.45, 7) is 3.17. The molecular weight excluding hydrogens is 180 g/mol. The Balaban J connectivity index is 4.20. The largest absolute Gasteiger partial charge is 0.330 e. The van der Waals surface area contributed by atoms with Crippen molar-refractivity contribution in [3.05, 3.63) is 0 Å². The van der Waals surface area contributed by atoms with Crippen LogP contribution in [0.5, 0.6) is 0 Å². The number of sulfonamides is 1. The lowest BCUT2D eigenvalue weighted by molar-refractivity contribution is -0.122. The fourth-order valence-corrected chi connectivity index (χ4v) is 1.09. The van der Waals surface area contributed by atoms with Crippen molar-refractivity contribution in [2.75, 3.05) is 12.3 Å². The van der Waals surface area contributed by atoms with Crippen LogP contribution in [0.25, 0.3) is 0 Å². The first-order valence-electron chi connectivity index (χ1n) is 3.67. The van der Waals surface area contributed by atoms with Crippen LogP contribution < -0.4 is 10.5 Å². The second kappa shape index (κ2) is 4.42. The van der Waals surface area contributed by atoms with Gasteiger partial charge >= 0.3 is 0 Å². The molecule has 0 aromatic carbocycles. The highest BCUT2D eigenvalue weighted by Gasteiger charge is 2.16. The standard InChI is InChI=1S/C6H14N2O3S/c1-3-12(10,11)8-6(9)5(2)4-7/h5H,3-4,7H2,1-2H3,(H,8,9). The van der Waals surface area contributed by atoms with Crippen molar-refractivity contribution in [2.24, 2.45) is 11.7 Å². The minimum atomic E-state index is -3.43. The number of nitrogens with two attached hydrogens (primary N) is 1. The van der Waals surface area contributed by atoms with Gasteiger partial charge in [0.05, 0.1) is 5.75 Å². The normalized spacial score (nSPS) is 13.9. The molecule has 0 saturated heterocycles. The summed E-state index contributed by atoms with van der Waals surface area (Å²) in [4.78, 5) is 11.0. The first-order valence-corrected chi connectivity index (χ1v) is 5.32. The molecular formula is C6H14N2O3S. The van der Waals surface area contributed by atoms with Crippen LogP contribution in [0, 0.1) is 5.92 Å². The minimum Gasteiger partial charge on any atom is -0.330 e. The van der Waals surface area contributed by atoms with Crippen molar-refractivity contribution in [3.8, 4) is 0 Å². The predicted octanol–water partition coefficient (Wildman–Crippen LogP) is -0.953. The number of hydrogen-bond donors (Lipinski definition) is 2. The summed E-state index contributed by atoms with van der Waals surface area (Å²) in [6.07, 6.45) is 0. The Morgan fingerprint density at radius 2 is 2.08 bits per heavy atom. The first kappa shape index (κ1) is 11.4. The molecule has 5 nitrogen and oxygen atoms in total. The topological polar surface area (TPSA) is 89.3 Å². The monoisotopic (exact) mass is 194 g/mol. The minimum absolute atomic E-state index is 0.101. The van der Waals surface area contributed by atoms with Gasteiger partial charge in [0.1, 0.15) is 0 Å². The Kier molecular flexibility index (Phi) is 4.19. The molecule has 0 radical (unpaired) electrons. The highest BCUT2D eigenvalue weighted by Crippen LogP contribution is 1.93. The molecule has 1 atom stereocenters. The second-order valence-corrected chi connectivity index (χ2v) is 4.52. The van der Waals surface area contributed by atoms with Crippen molar-refractivity contribution in [3.63, 3.8) is 0 Å². The number of nitrogens with one attached hydrogen (secondary N) is 1. The van der Waals surface area contributed by atoms with Crippen LogP contribution >= 0.6 is 0 Å². The van der Waals surface area contributed by atoms with Crippen LogP contribution in [0.1, 0.15) is 13.8 Å². The van der Waals surface area contributed by atoms with Crippen molar-refractivity contribution in [1.29, 1.82) is 0 Å². The van der Waals surface area contributed by atoms with Gasteiger partial charge in [-0.1, -0.05) is 6.92 Å². The van der Waals surface area contributed by atoms with Crippen molar-refractivity contribution >= 4 is 15.9 Å². The quantitative estimate of drug-likeness (QED) is 0.603. The van der Waals surface area contributed by atoms with E-state index in [0.29, 0.717) is 0 Å². The summed E-state index contributed by atoms with van der Waals surface area (Å²) in [6, 6.07) is 0. The van der Waals surface area contributed by atoms with Crippen LogP contribution in [0.4, 0.5) is 0 Å². The number of carbonyl (C=O) groups is 1. The molecule has 0 aliphatic rings. The molecule has 0 aliphatic carbocycles. The van der Waals surface area contributed by atoms with Gasteiger partial charge in [0.25, 0.3) is 0 Å². The van der Waals surface area contributed by atoms with E-state index < -0.39 is 21.8 Å². The molecule has 0 spiro atoms. The average molecular weight is 194 g/mol. The first-order chi connectivity index (χ1) is 5.43. The van der Waals surface area contributed by atoms with Gasteiger partial charge in [-0.3, -0.25) is 9.52 Å². The summed E-state index contributed by atoms with van der Waals surface area (Å²) >= 11 is 0. The zero-order chi connectivity index (χ0) is 9.78. The summed E-state index contributed by atoms with van der Waals surface area (Å²) in [7, 11) is -3.43. The SMILES string of the molecule is CCS(=O)(=O)NC(=O)C(C)CN. The molecule has 0 heterocycles. The average Bonchev–Trinajstić information content (AvgIpc) is 2.02. The van der Waals surface area contributed by atoms with Gasteiger partial charge in [-0.05, 0) is 6.92 Å². The third-order valence-electron chi connectivity index (χ3n) is 1.44. The smallest absolute Gasteiger partial charge is 0.237 e. The van der Waals surface area contributed by atoms with E-state index in [1.54, 1.807) is 6.92 Å². The third-order valence-corrected chi connectivity index (χ3v) is 2.71. The van der Waals surface area contributed by atoms with Crippen LogP contribution in [-0.4, -0.2) is 26.6 Å². The van der Waals surface area contributed by atoms with Gasteiger partial charge in [-0.25, -0.2) is 8.42 Å². The van der Waals surface area contributed by atoms with Gasteiger partial charge in [0.15, 0.2) is 0 Å². The molecule has 1 unspecified atom stereocenters. The van der Waals surface area contributed by atoms with Gasteiger partial charge < -0.3 is 5.73 Å². The number of carbonyl (C=O) groups excluding carboxylic acids is 1. The summed E-state index contributed by atoms with van der Waals surface area (Å²) < 4.78 is 23.6. The lowest BCUT2D eigenvalue weighted by Gasteiger charge is -2.08. The van der Waals surface area contributed by atoms with Crippen LogP contribution in [0.3, 0.4) is 0 Å². The number of hydrogen-bond acceptors (Lipinski definition) is 4. The molecule has 72 valence electrons. The van der Waals surface area contributed by atoms with E-state index in [1.165, 1.54) is 6.92 Å². The number of rotatable bonds is 4.